The Balaban J connectivity index is 2.26. The number of halogens is 4. The molecule has 8 heteroatoms. The molecule has 0 amide bonds. The average Bonchev–Trinajstić information content (AvgIpc) is 2.27. The van der Waals surface area contributed by atoms with E-state index in [-0.39, 0.29) is 5.95 Å². The van der Waals surface area contributed by atoms with Crippen LogP contribution in [0.15, 0.2) is 30.5 Å². The number of anilines is 3. The topological polar surface area (TPSA) is 63.8 Å². The fourth-order valence-electron chi connectivity index (χ4n) is 1.36. The van der Waals surface area contributed by atoms with Gasteiger partial charge in [-0.15, -0.1) is 0 Å². The Morgan fingerprint density at radius 2 is 2.00 bits per heavy atom. The number of nitrogens with one attached hydrogen (secondary N) is 1. The Hall–Kier alpha value is -2.02. The smallest absolute Gasteiger partial charge is 0.399 e. The minimum atomic E-state index is -4.58. The first-order valence-electron chi connectivity index (χ1n) is 5.08. The molecule has 0 spiro atoms. The van der Waals surface area contributed by atoms with Crippen LogP contribution < -0.4 is 11.1 Å². The van der Waals surface area contributed by atoms with Crippen molar-refractivity contribution in [3.05, 3.63) is 41.2 Å². The first-order chi connectivity index (χ1) is 8.86. The fourth-order valence-corrected chi connectivity index (χ4v) is 1.59. The van der Waals surface area contributed by atoms with Crippen molar-refractivity contribution in [3.63, 3.8) is 0 Å². The van der Waals surface area contributed by atoms with E-state index in [1.165, 1.54) is 0 Å². The molecule has 1 heterocycles. The number of hydrogen-bond acceptors (Lipinski definition) is 4. The quantitative estimate of drug-likeness (QED) is 0.656. The van der Waals surface area contributed by atoms with Gasteiger partial charge in [-0.3, -0.25) is 0 Å². The predicted molar refractivity (Wildman–Crippen MR) is 66.2 cm³/mol. The van der Waals surface area contributed by atoms with Crippen molar-refractivity contribution < 1.29 is 13.2 Å². The number of nitrogens with zero attached hydrogens (tertiary/aromatic N) is 2. The van der Waals surface area contributed by atoms with Crippen molar-refractivity contribution in [2.45, 2.75) is 6.18 Å². The molecule has 0 fully saturated rings. The number of benzene rings is 1. The summed E-state index contributed by atoms with van der Waals surface area (Å²) in [6.07, 6.45) is -3.95. The molecule has 0 aliphatic rings. The maximum absolute atomic E-state index is 12.5. The fraction of sp³-hybridized carbons (Fsp3) is 0.0909. The summed E-state index contributed by atoms with van der Waals surface area (Å²) in [7, 11) is 0. The molecule has 4 nitrogen and oxygen atoms in total. The van der Waals surface area contributed by atoms with Gasteiger partial charge in [0.05, 0.1) is 0 Å². The van der Waals surface area contributed by atoms with Crippen molar-refractivity contribution in [1.82, 2.24) is 9.97 Å². The Morgan fingerprint density at radius 3 is 2.58 bits per heavy atom. The van der Waals surface area contributed by atoms with Crippen molar-refractivity contribution in [3.8, 4) is 0 Å². The van der Waals surface area contributed by atoms with Crippen LogP contribution in [0.25, 0.3) is 0 Å². The number of rotatable bonds is 2. The van der Waals surface area contributed by atoms with Crippen LogP contribution in [-0.2, 0) is 6.18 Å². The van der Waals surface area contributed by atoms with E-state index in [1.54, 1.807) is 24.3 Å². The summed E-state index contributed by atoms with van der Waals surface area (Å²) in [6.45, 7) is 0. The zero-order valence-electron chi connectivity index (χ0n) is 9.37. The van der Waals surface area contributed by atoms with Gasteiger partial charge < -0.3 is 11.1 Å². The number of aromatic nitrogens is 2. The van der Waals surface area contributed by atoms with Gasteiger partial charge in [0, 0.05) is 17.6 Å². The molecular formula is C11H8ClF3N4. The molecule has 2 rings (SSSR count). The molecule has 1 aromatic carbocycles. The molecule has 0 saturated carbocycles. The summed E-state index contributed by atoms with van der Waals surface area (Å²) in [5.41, 5.74) is 5.55. The molecule has 0 radical (unpaired) electrons. The van der Waals surface area contributed by atoms with Gasteiger partial charge in [-0.1, -0.05) is 17.7 Å². The van der Waals surface area contributed by atoms with Crippen LogP contribution in [0.2, 0.25) is 5.15 Å². The van der Waals surface area contributed by atoms with Gasteiger partial charge in [0.25, 0.3) is 0 Å². The molecule has 100 valence electrons. The van der Waals surface area contributed by atoms with Gasteiger partial charge in [0.1, 0.15) is 10.7 Å². The first kappa shape index (κ1) is 13.4. The third-order valence-electron chi connectivity index (χ3n) is 2.19. The Kier molecular flexibility index (Phi) is 3.48. The molecule has 0 atom stereocenters. The Labute approximate surface area is 111 Å². The van der Waals surface area contributed by atoms with Crippen LogP contribution in [0.5, 0.6) is 0 Å². The number of alkyl halides is 3. The van der Waals surface area contributed by atoms with Gasteiger partial charge in [0.2, 0.25) is 5.95 Å². The van der Waals surface area contributed by atoms with Crippen LogP contribution in [0.4, 0.5) is 30.5 Å². The molecule has 0 aliphatic heterocycles. The predicted octanol–water partition coefficient (Wildman–Crippen LogP) is 3.47. The molecule has 1 aromatic heterocycles. The normalized spacial score (nSPS) is 11.4. The largest absolute Gasteiger partial charge is 0.420 e. The highest BCUT2D eigenvalue weighted by Crippen LogP contribution is 2.33. The van der Waals surface area contributed by atoms with Crippen molar-refractivity contribution in [2.75, 3.05) is 11.1 Å². The van der Waals surface area contributed by atoms with Gasteiger partial charge in [-0.25, -0.2) is 9.97 Å². The molecular weight excluding hydrogens is 281 g/mol. The van der Waals surface area contributed by atoms with E-state index in [2.05, 4.69) is 15.3 Å². The zero-order chi connectivity index (χ0) is 14.0. The lowest BCUT2D eigenvalue weighted by atomic mass is 10.3. The number of nitrogens with two attached hydrogens (primary N) is 1. The average molecular weight is 289 g/mol. The second-order valence-corrected chi connectivity index (χ2v) is 4.00. The maximum atomic E-state index is 12.5. The summed E-state index contributed by atoms with van der Waals surface area (Å²) < 4.78 is 37.4. The lowest BCUT2D eigenvalue weighted by Crippen LogP contribution is -2.09. The lowest BCUT2D eigenvalue weighted by molar-refractivity contribution is -0.137. The third-order valence-corrected chi connectivity index (χ3v) is 2.48. The molecule has 0 saturated heterocycles. The molecule has 0 bridgehead atoms. The van der Waals surface area contributed by atoms with Crippen LogP contribution in [0.3, 0.4) is 0 Å². The van der Waals surface area contributed by atoms with E-state index >= 15 is 0 Å². The second-order valence-electron chi connectivity index (χ2n) is 3.65. The highest BCUT2D eigenvalue weighted by molar-refractivity contribution is 6.30. The summed E-state index contributed by atoms with van der Waals surface area (Å²) >= 11 is 5.48. The second kappa shape index (κ2) is 4.93. The van der Waals surface area contributed by atoms with Gasteiger partial charge in [0.15, 0.2) is 0 Å². The number of hydrogen-bond donors (Lipinski definition) is 2. The van der Waals surface area contributed by atoms with Gasteiger partial charge >= 0.3 is 6.18 Å². The molecule has 2 aromatic rings. The molecule has 19 heavy (non-hydrogen) atoms. The summed E-state index contributed by atoms with van der Waals surface area (Å²) in [5.74, 6) is -0.0383. The minimum absolute atomic E-state index is 0.0383. The molecule has 0 aliphatic carbocycles. The first-order valence-corrected chi connectivity index (χ1v) is 5.46. The van der Waals surface area contributed by atoms with Crippen LogP contribution in [0.1, 0.15) is 5.56 Å². The van der Waals surface area contributed by atoms with E-state index in [0.29, 0.717) is 17.6 Å². The summed E-state index contributed by atoms with van der Waals surface area (Å²) in [6, 6.07) is 6.62. The van der Waals surface area contributed by atoms with Crippen molar-refractivity contribution in [1.29, 1.82) is 0 Å². The highest BCUT2D eigenvalue weighted by Gasteiger charge is 2.34. The molecule has 0 unspecified atom stereocenters. The van der Waals surface area contributed by atoms with Gasteiger partial charge in [-0.2, -0.15) is 13.2 Å². The van der Waals surface area contributed by atoms with E-state index in [0.717, 1.165) is 0 Å². The van der Waals surface area contributed by atoms with E-state index in [1.807, 2.05) is 0 Å². The SMILES string of the molecule is Nc1cccc(Nc2ncc(C(F)(F)F)c(Cl)n2)c1. The lowest BCUT2D eigenvalue weighted by Gasteiger charge is -2.10. The monoisotopic (exact) mass is 288 g/mol. The van der Waals surface area contributed by atoms with E-state index in [9.17, 15) is 13.2 Å². The van der Waals surface area contributed by atoms with Crippen LogP contribution in [-0.4, -0.2) is 9.97 Å². The highest BCUT2D eigenvalue weighted by atomic mass is 35.5. The maximum Gasteiger partial charge on any atom is 0.420 e. The standard InChI is InChI=1S/C11H8ClF3N4/c12-9-8(11(13,14)15)5-17-10(19-9)18-7-3-1-2-6(16)4-7/h1-5H,16H2,(H,17,18,19). The minimum Gasteiger partial charge on any atom is -0.399 e. The summed E-state index contributed by atoms with van der Waals surface area (Å²) in [5, 5.41) is 2.05. The number of nitrogen functional groups attached to an aromatic ring is 1. The summed E-state index contributed by atoms with van der Waals surface area (Å²) in [4.78, 5) is 7.11. The van der Waals surface area contributed by atoms with Crippen LogP contribution in [0, 0.1) is 0 Å². The van der Waals surface area contributed by atoms with Crippen molar-refractivity contribution >= 4 is 28.9 Å². The molecule has 3 N–H and O–H groups in total. The van der Waals surface area contributed by atoms with Crippen LogP contribution >= 0.6 is 11.6 Å². The Morgan fingerprint density at radius 1 is 1.26 bits per heavy atom. The van der Waals surface area contributed by atoms with E-state index in [4.69, 9.17) is 17.3 Å². The Bertz CT molecular complexity index is 601. The van der Waals surface area contributed by atoms with Crippen molar-refractivity contribution in [2.24, 2.45) is 0 Å². The van der Waals surface area contributed by atoms with E-state index < -0.39 is 16.9 Å². The zero-order valence-corrected chi connectivity index (χ0v) is 10.1. The third kappa shape index (κ3) is 3.25. The van der Waals surface area contributed by atoms with Gasteiger partial charge in [-0.05, 0) is 18.2 Å².